The molecule has 0 saturated heterocycles. The van der Waals surface area contributed by atoms with E-state index in [4.69, 9.17) is 4.42 Å². The third kappa shape index (κ3) is 3.27. The highest BCUT2D eigenvalue weighted by Crippen LogP contribution is 2.32. The molecule has 3 aromatic rings. The lowest BCUT2D eigenvalue weighted by Crippen LogP contribution is -2.28. The number of furan rings is 1. The Bertz CT molecular complexity index is 1160. The number of carbonyl (C=O) groups excluding carboxylic acids is 1. The van der Waals surface area contributed by atoms with Crippen molar-refractivity contribution in [3.8, 4) is 0 Å². The van der Waals surface area contributed by atoms with Crippen LogP contribution in [0.4, 0.5) is 15.8 Å². The third-order valence-electron chi connectivity index (χ3n) is 4.64. The molecule has 1 aliphatic rings. The maximum Gasteiger partial charge on any atom is 0.293 e. The van der Waals surface area contributed by atoms with Gasteiger partial charge in [0.1, 0.15) is 5.82 Å². The molecule has 144 valence electrons. The molecule has 0 bridgehead atoms. The van der Waals surface area contributed by atoms with Gasteiger partial charge in [-0.25, -0.2) is 12.8 Å². The van der Waals surface area contributed by atoms with E-state index in [0.29, 0.717) is 29.9 Å². The summed E-state index contributed by atoms with van der Waals surface area (Å²) in [4.78, 5) is 14.0. The number of nitrogens with zero attached hydrogens (tertiary/aromatic N) is 1. The largest absolute Gasteiger partial charge is 0.459 e. The first-order chi connectivity index (χ1) is 13.3. The number of amides is 1. The summed E-state index contributed by atoms with van der Waals surface area (Å²) in [5, 5.41) is 0. The van der Waals surface area contributed by atoms with E-state index < -0.39 is 15.8 Å². The number of aryl methyl sites for hydroxylation is 1. The van der Waals surface area contributed by atoms with Crippen molar-refractivity contribution in [3.05, 3.63) is 77.5 Å². The van der Waals surface area contributed by atoms with Crippen molar-refractivity contribution < 1.29 is 22.0 Å². The zero-order valence-corrected chi connectivity index (χ0v) is 15.8. The summed E-state index contributed by atoms with van der Waals surface area (Å²) in [6.07, 6.45) is 2.03. The number of hydrogen-bond acceptors (Lipinski definition) is 4. The normalized spacial score (nSPS) is 13.4. The zero-order chi connectivity index (χ0) is 19.9. The number of nitrogens with one attached hydrogen (secondary N) is 1. The van der Waals surface area contributed by atoms with E-state index in [2.05, 4.69) is 4.72 Å². The van der Waals surface area contributed by atoms with Gasteiger partial charge in [0, 0.05) is 17.9 Å². The Hall–Kier alpha value is -3.13. The highest BCUT2D eigenvalue weighted by atomic mass is 32.2. The fourth-order valence-corrected chi connectivity index (χ4v) is 4.59. The molecule has 0 spiro atoms. The smallest absolute Gasteiger partial charge is 0.293 e. The first kappa shape index (κ1) is 18.2. The van der Waals surface area contributed by atoms with Crippen LogP contribution in [0.3, 0.4) is 0 Å². The molecule has 0 unspecified atom stereocenters. The van der Waals surface area contributed by atoms with Crippen LogP contribution in [-0.2, 0) is 16.4 Å². The summed E-state index contributed by atoms with van der Waals surface area (Å²) in [6.45, 7) is 2.09. The summed E-state index contributed by atoms with van der Waals surface area (Å²) in [5.74, 6) is -0.612. The van der Waals surface area contributed by atoms with E-state index in [0.717, 1.165) is 11.6 Å². The molecule has 0 radical (unpaired) electrons. The minimum atomic E-state index is -3.93. The summed E-state index contributed by atoms with van der Waals surface area (Å²) in [7, 11) is -3.93. The summed E-state index contributed by atoms with van der Waals surface area (Å²) < 4.78 is 46.4. The molecule has 0 saturated carbocycles. The van der Waals surface area contributed by atoms with Crippen LogP contribution in [0.2, 0.25) is 0 Å². The van der Waals surface area contributed by atoms with E-state index in [1.807, 2.05) is 0 Å². The highest BCUT2D eigenvalue weighted by molar-refractivity contribution is 7.92. The summed E-state index contributed by atoms with van der Waals surface area (Å²) in [5.41, 5.74) is 2.36. The number of anilines is 2. The number of benzene rings is 2. The van der Waals surface area contributed by atoms with Crippen LogP contribution in [0.5, 0.6) is 0 Å². The topological polar surface area (TPSA) is 79.6 Å². The van der Waals surface area contributed by atoms with Gasteiger partial charge in [-0.3, -0.25) is 9.52 Å². The predicted octanol–water partition coefficient (Wildman–Crippen LogP) is 3.73. The molecule has 0 atom stereocenters. The lowest BCUT2D eigenvalue weighted by atomic mass is 10.1. The van der Waals surface area contributed by atoms with Crippen molar-refractivity contribution in [2.24, 2.45) is 0 Å². The minimum absolute atomic E-state index is 0.109. The lowest BCUT2D eigenvalue weighted by Gasteiger charge is -2.16. The number of hydrogen-bond donors (Lipinski definition) is 1. The van der Waals surface area contributed by atoms with Crippen LogP contribution >= 0.6 is 0 Å². The van der Waals surface area contributed by atoms with E-state index in [-0.39, 0.29) is 16.6 Å². The maximum absolute atomic E-state index is 13.5. The van der Waals surface area contributed by atoms with Crippen molar-refractivity contribution in [3.63, 3.8) is 0 Å². The third-order valence-corrected chi connectivity index (χ3v) is 6.17. The van der Waals surface area contributed by atoms with Crippen molar-refractivity contribution in [2.75, 3.05) is 16.2 Å². The van der Waals surface area contributed by atoms with Crippen LogP contribution < -0.4 is 9.62 Å². The molecule has 1 aromatic heterocycles. The molecule has 1 amide bonds. The highest BCUT2D eigenvalue weighted by Gasteiger charge is 2.28. The van der Waals surface area contributed by atoms with Crippen molar-refractivity contribution in [2.45, 2.75) is 18.2 Å². The second-order valence-corrected chi connectivity index (χ2v) is 8.19. The Labute approximate surface area is 161 Å². The number of sulfonamides is 1. The van der Waals surface area contributed by atoms with E-state index in [1.165, 1.54) is 18.4 Å². The van der Waals surface area contributed by atoms with Gasteiger partial charge < -0.3 is 9.32 Å². The molecule has 1 N–H and O–H groups in total. The fraction of sp³-hybridized carbons (Fsp3) is 0.150. The number of halogens is 1. The fourth-order valence-electron chi connectivity index (χ4n) is 3.28. The molecule has 4 rings (SSSR count). The SMILES string of the molecule is Cc1ccc(F)cc1S(=O)(=O)Nc1ccc2c(c1)CCN2C(=O)c1ccco1. The van der Waals surface area contributed by atoms with Gasteiger partial charge in [0.25, 0.3) is 15.9 Å². The monoisotopic (exact) mass is 400 g/mol. The Morgan fingerprint density at radius 2 is 2.00 bits per heavy atom. The van der Waals surface area contributed by atoms with Crippen LogP contribution in [0.1, 0.15) is 21.7 Å². The lowest BCUT2D eigenvalue weighted by molar-refractivity contribution is 0.0963. The Morgan fingerprint density at radius 1 is 1.18 bits per heavy atom. The minimum Gasteiger partial charge on any atom is -0.459 e. The second kappa shape index (κ2) is 6.79. The van der Waals surface area contributed by atoms with Crippen LogP contribution in [-0.4, -0.2) is 20.9 Å². The Morgan fingerprint density at radius 3 is 2.75 bits per heavy atom. The predicted molar refractivity (Wildman–Crippen MR) is 102 cm³/mol. The second-order valence-electron chi connectivity index (χ2n) is 6.54. The molecular formula is C20H17FN2O4S. The average molecular weight is 400 g/mol. The van der Waals surface area contributed by atoms with Gasteiger partial charge in [-0.05, 0) is 66.9 Å². The standard InChI is InChI=1S/C20H17FN2O4S/c1-13-4-5-15(21)12-19(13)28(25,26)22-16-6-7-17-14(11-16)8-9-23(17)20(24)18-3-2-10-27-18/h2-7,10-12,22H,8-9H2,1H3. The summed E-state index contributed by atoms with van der Waals surface area (Å²) in [6, 6.07) is 11.9. The first-order valence-electron chi connectivity index (χ1n) is 8.62. The van der Waals surface area contributed by atoms with Crippen LogP contribution in [0, 0.1) is 12.7 Å². The molecule has 0 aliphatic carbocycles. The van der Waals surface area contributed by atoms with Gasteiger partial charge >= 0.3 is 0 Å². The van der Waals surface area contributed by atoms with Crippen molar-refractivity contribution in [1.29, 1.82) is 0 Å². The molecule has 2 aromatic carbocycles. The zero-order valence-electron chi connectivity index (χ0n) is 15.0. The number of fused-ring (bicyclic) bond motifs is 1. The van der Waals surface area contributed by atoms with Crippen LogP contribution in [0.15, 0.2) is 64.1 Å². The molecule has 2 heterocycles. The average Bonchev–Trinajstić information content (AvgIpc) is 3.32. The van der Waals surface area contributed by atoms with Crippen molar-refractivity contribution >= 4 is 27.3 Å². The first-order valence-corrected chi connectivity index (χ1v) is 10.1. The molecular weight excluding hydrogens is 383 g/mol. The van der Waals surface area contributed by atoms with Gasteiger partial charge in [0.2, 0.25) is 0 Å². The molecule has 6 nitrogen and oxygen atoms in total. The number of carbonyl (C=O) groups is 1. The van der Waals surface area contributed by atoms with Gasteiger partial charge in [0.05, 0.1) is 11.2 Å². The quantitative estimate of drug-likeness (QED) is 0.724. The maximum atomic E-state index is 13.5. The summed E-state index contributed by atoms with van der Waals surface area (Å²) >= 11 is 0. The van der Waals surface area contributed by atoms with E-state index in [9.17, 15) is 17.6 Å². The van der Waals surface area contributed by atoms with Gasteiger partial charge in [-0.2, -0.15) is 0 Å². The van der Waals surface area contributed by atoms with Gasteiger partial charge in [-0.15, -0.1) is 0 Å². The molecule has 28 heavy (non-hydrogen) atoms. The van der Waals surface area contributed by atoms with E-state index >= 15 is 0 Å². The van der Waals surface area contributed by atoms with Gasteiger partial charge in [0.15, 0.2) is 5.76 Å². The number of rotatable bonds is 4. The van der Waals surface area contributed by atoms with Gasteiger partial charge in [-0.1, -0.05) is 6.07 Å². The Balaban J connectivity index is 1.60. The molecule has 8 heteroatoms. The molecule has 1 aliphatic heterocycles. The Kier molecular flexibility index (Phi) is 4.43. The molecule has 0 fully saturated rings. The van der Waals surface area contributed by atoms with Crippen LogP contribution in [0.25, 0.3) is 0 Å². The van der Waals surface area contributed by atoms with Crippen molar-refractivity contribution in [1.82, 2.24) is 0 Å². The van der Waals surface area contributed by atoms with E-state index in [1.54, 1.807) is 42.2 Å².